The van der Waals surface area contributed by atoms with E-state index in [0.717, 1.165) is 18.5 Å². The fourth-order valence-electron chi connectivity index (χ4n) is 2.38. The second-order valence-electron chi connectivity index (χ2n) is 4.64. The maximum absolute atomic E-state index is 11.8. The molecule has 5 heteroatoms. The Bertz CT molecular complexity index is 479. The standard InChI is InChI=1S/C14H17Cl2NO2/c1-3-19-14(18)13-6-7-17(13)9(2)11-5-4-10(15)8-12(11)16/h4-5,8-9,13H,3,6-7H2,1-2H3. The van der Waals surface area contributed by atoms with Gasteiger partial charge in [-0.15, -0.1) is 0 Å². The number of rotatable bonds is 4. The van der Waals surface area contributed by atoms with Crippen LogP contribution >= 0.6 is 23.2 Å². The van der Waals surface area contributed by atoms with Gasteiger partial charge in [0.05, 0.1) is 6.61 Å². The van der Waals surface area contributed by atoms with Crippen LogP contribution < -0.4 is 0 Å². The van der Waals surface area contributed by atoms with Crippen molar-refractivity contribution in [2.75, 3.05) is 13.2 Å². The van der Waals surface area contributed by atoms with E-state index >= 15 is 0 Å². The van der Waals surface area contributed by atoms with Gasteiger partial charge < -0.3 is 4.74 Å². The zero-order valence-electron chi connectivity index (χ0n) is 11.0. The normalized spacial score (nSPS) is 20.7. The largest absolute Gasteiger partial charge is 0.465 e. The Morgan fingerprint density at radius 3 is 2.79 bits per heavy atom. The number of likely N-dealkylation sites (tertiary alicyclic amines) is 1. The molecule has 0 aromatic heterocycles. The van der Waals surface area contributed by atoms with E-state index in [1.165, 1.54) is 0 Å². The molecule has 1 aliphatic heterocycles. The van der Waals surface area contributed by atoms with E-state index < -0.39 is 0 Å². The van der Waals surface area contributed by atoms with Gasteiger partial charge in [0.1, 0.15) is 6.04 Å². The lowest BCUT2D eigenvalue weighted by atomic mass is 9.96. The molecule has 104 valence electrons. The lowest BCUT2D eigenvalue weighted by molar-refractivity contribution is -0.156. The van der Waals surface area contributed by atoms with Crippen molar-refractivity contribution in [3.8, 4) is 0 Å². The summed E-state index contributed by atoms with van der Waals surface area (Å²) in [6.45, 7) is 5.16. The Morgan fingerprint density at radius 2 is 2.26 bits per heavy atom. The van der Waals surface area contributed by atoms with Crippen molar-refractivity contribution in [3.05, 3.63) is 33.8 Å². The molecule has 1 saturated heterocycles. The van der Waals surface area contributed by atoms with E-state index in [0.29, 0.717) is 16.7 Å². The summed E-state index contributed by atoms with van der Waals surface area (Å²) in [6.07, 6.45) is 0.842. The summed E-state index contributed by atoms with van der Waals surface area (Å²) in [5.74, 6) is -0.148. The Hall–Kier alpha value is -0.770. The number of halogens is 2. The summed E-state index contributed by atoms with van der Waals surface area (Å²) in [7, 11) is 0. The Balaban J connectivity index is 2.11. The Kier molecular flexibility index (Phi) is 4.71. The summed E-state index contributed by atoms with van der Waals surface area (Å²) in [4.78, 5) is 13.9. The molecular weight excluding hydrogens is 285 g/mol. The van der Waals surface area contributed by atoms with Crippen LogP contribution in [0.5, 0.6) is 0 Å². The van der Waals surface area contributed by atoms with Crippen molar-refractivity contribution >= 4 is 29.2 Å². The van der Waals surface area contributed by atoms with Crippen LogP contribution in [-0.4, -0.2) is 30.1 Å². The second-order valence-corrected chi connectivity index (χ2v) is 5.48. The molecule has 1 aliphatic rings. The maximum atomic E-state index is 11.8. The van der Waals surface area contributed by atoms with E-state index in [1.807, 2.05) is 26.0 Å². The van der Waals surface area contributed by atoms with Crippen molar-refractivity contribution in [2.45, 2.75) is 32.4 Å². The third-order valence-corrected chi connectivity index (χ3v) is 4.09. The minimum Gasteiger partial charge on any atom is -0.465 e. The molecule has 1 aromatic carbocycles. The van der Waals surface area contributed by atoms with E-state index in [-0.39, 0.29) is 18.1 Å². The van der Waals surface area contributed by atoms with Crippen molar-refractivity contribution in [1.82, 2.24) is 4.90 Å². The predicted octanol–water partition coefficient (Wildman–Crippen LogP) is 3.69. The van der Waals surface area contributed by atoms with Crippen LogP contribution in [0.3, 0.4) is 0 Å². The van der Waals surface area contributed by atoms with Gasteiger partial charge in [-0.05, 0) is 38.0 Å². The molecular formula is C14H17Cl2NO2. The number of benzene rings is 1. The third-order valence-electron chi connectivity index (χ3n) is 3.53. The minimum atomic E-state index is -0.151. The first-order valence-corrected chi connectivity index (χ1v) is 7.17. The number of hydrogen-bond acceptors (Lipinski definition) is 3. The number of carbonyl (C=O) groups excluding carboxylic acids is 1. The molecule has 2 rings (SSSR count). The molecule has 1 fully saturated rings. The van der Waals surface area contributed by atoms with Crippen molar-refractivity contribution in [1.29, 1.82) is 0 Å². The molecule has 0 radical (unpaired) electrons. The highest BCUT2D eigenvalue weighted by Crippen LogP contribution is 2.35. The minimum absolute atomic E-state index is 0.0768. The highest BCUT2D eigenvalue weighted by Gasteiger charge is 2.38. The Labute approximate surface area is 123 Å². The summed E-state index contributed by atoms with van der Waals surface area (Å²) >= 11 is 12.1. The molecule has 2 unspecified atom stereocenters. The van der Waals surface area contributed by atoms with Crippen LogP contribution in [0.25, 0.3) is 0 Å². The quantitative estimate of drug-likeness (QED) is 0.794. The number of carbonyl (C=O) groups is 1. The maximum Gasteiger partial charge on any atom is 0.323 e. The van der Waals surface area contributed by atoms with Crippen LogP contribution in [0.2, 0.25) is 10.0 Å². The number of ether oxygens (including phenoxy) is 1. The average Bonchev–Trinajstić information content (AvgIpc) is 2.27. The van der Waals surface area contributed by atoms with Gasteiger partial charge in [0, 0.05) is 22.6 Å². The van der Waals surface area contributed by atoms with Gasteiger partial charge >= 0.3 is 5.97 Å². The lowest BCUT2D eigenvalue weighted by Crippen LogP contribution is -2.53. The predicted molar refractivity (Wildman–Crippen MR) is 76.6 cm³/mol. The summed E-state index contributed by atoms with van der Waals surface area (Å²) < 4.78 is 5.08. The number of hydrogen-bond donors (Lipinski definition) is 0. The molecule has 1 aromatic rings. The SMILES string of the molecule is CCOC(=O)C1CCN1C(C)c1ccc(Cl)cc1Cl. The van der Waals surface area contributed by atoms with Crippen molar-refractivity contribution < 1.29 is 9.53 Å². The molecule has 3 nitrogen and oxygen atoms in total. The summed E-state index contributed by atoms with van der Waals surface area (Å²) in [5, 5.41) is 1.25. The molecule has 0 N–H and O–H groups in total. The molecule has 19 heavy (non-hydrogen) atoms. The van der Waals surface area contributed by atoms with Crippen LogP contribution in [0.4, 0.5) is 0 Å². The molecule has 0 spiro atoms. The Morgan fingerprint density at radius 1 is 1.53 bits per heavy atom. The first-order valence-electron chi connectivity index (χ1n) is 6.42. The van der Waals surface area contributed by atoms with Crippen LogP contribution in [-0.2, 0) is 9.53 Å². The molecule has 2 atom stereocenters. The second kappa shape index (κ2) is 6.12. The number of nitrogens with zero attached hydrogens (tertiary/aromatic N) is 1. The highest BCUT2D eigenvalue weighted by molar-refractivity contribution is 6.35. The molecule has 0 aliphatic carbocycles. The van der Waals surface area contributed by atoms with Gasteiger partial charge in [0.25, 0.3) is 0 Å². The molecule has 0 bridgehead atoms. The fraction of sp³-hybridized carbons (Fsp3) is 0.500. The average molecular weight is 302 g/mol. The first-order chi connectivity index (χ1) is 9.04. The van der Waals surface area contributed by atoms with Gasteiger partial charge in [0.15, 0.2) is 0 Å². The monoisotopic (exact) mass is 301 g/mol. The summed E-state index contributed by atoms with van der Waals surface area (Å²) in [5.41, 5.74) is 0.986. The van der Waals surface area contributed by atoms with E-state index in [4.69, 9.17) is 27.9 Å². The van der Waals surface area contributed by atoms with Crippen LogP contribution in [0.15, 0.2) is 18.2 Å². The van der Waals surface area contributed by atoms with E-state index in [2.05, 4.69) is 4.90 Å². The topological polar surface area (TPSA) is 29.5 Å². The van der Waals surface area contributed by atoms with Crippen LogP contribution in [0, 0.1) is 0 Å². The van der Waals surface area contributed by atoms with Crippen LogP contribution in [0.1, 0.15) is 31.9 Å². The zero-order valence-corrected chi connectivity index (χ0v) is 12.5. The smallest absolute Gasteiger partial charge is 0.323 e. The summed E-state index contributed by atoms with van der Waals surface area (Å²) in [6, 6.07) is 5.39. The first kappa shape index (κ1) is 14.6. The third kappa shape index (κ3) is 3.04. The zero-order chi connectivity index (χ0) is 14.0. The van der Waals surface area contributed by atoms with E-state index in [1.54, 1.807) is 6.07 Å². The van der Waals surface area contributed by atoms with Gasteiger partial charge in [-0.2, -0.15) is 0 Å². The molecule has 0 saturated carbocycles. The highest BCUT2D eigenvalue weighted by atomic mass is 35.5. The van der Waals surface area contributed by atoms with Gasteiger partial charge in [-0.1, -0.05) is 29.3 Å². The van der Waals surface area contributed by atoms with Gasteiger partial charge in [-0.3, -0.25) is 9.69 Å². The molecule has 1 heterocycles. The van der Waals surface area contributed by atoms with Crippen molar-refractivity contribution in [2.24, 2.45) is 0 Å². The van der Waals surface area contributed by atoms with Crippen molar-refractivity contribution in [3.63, 3.8) is 0 Å². The molecule has 0 amide bonds. The number of esters is 1. The lowest BCUT2D eigenvalue weighted by Gasteiger charge is -2.43. The van der Waals surface area contributed by atoms with Gasteiger partial charge in [0.2, 0.25) is 0 Å². The fourth-order valence-corrected chi connectivity index (χ4v) is 2.95. The van der Waals surface area contributed by atoms with Gasteiger partial charge in [-0.25, -0.2) is 0 Å². The van der Waals surface area contributed by atoms with E-state index in [9.17, 15) is 4.79 Å².